The summed E-state index contributed by atoms with van der Waals surface area (Å²) in [5, 5.41) is 0. The number of thiophene rings is 1. The number of nitrogens with two attached hydrogens (primary N) is 1. The standard InChI is InChI=1S/C13H14BrN3S/c14-11-7-6-10(18-11)13-16-9-5-3-1-2-4-8(9)12(15)17-13/h6-7H,1-5H2,(H2,15,16,17). The van der Waals surface area contributed by atoms with E-state index in [4.69, 9.17) is 10.7 Å². The highest BCUT2D eigenvalue weighted by molar-refractivity contribution is 9.11. The van der Waals surface area contributed by atoms with E-state index >= 15 is 0 Å². The predicted molar refractivity (Wildman–Crippen MR) is 78.7 cm³/mol. The normalized spacial score (nSPS) is 15.2. The van der Waals surface area contributed by atoms with Crippen molar-refractivity contribution in [2.45, 2.75) is 32.1 Å². The second kappa shape index (κ2) is 4.97. The molecule has 0 saturated heterocycles. The van der Waals surface area contributed by atoms with Crippen LogP contribution in [-0.4, -0.2) is 9.97 Å². The van der Waals surface area contributed by atoms with Crippen molar-refractivity contribution in [3.63, 3.8) is 0 Å². The lowest BCUT2D eigenvalue weighted by molar-refractivity contribution is 0.709. The van der Waals surface area contributed by atoms with Crippen molar-refractivity contribution < 1.29 is 0 Å². The Hall–Kier alpha value is -0.940. The lowest BCUT2D eigenvalue weighted by Crippen LogP contribution is -2.06. The fraction of sp³-hybridized carbons (Fsp3) is 0.385. The fourth-order valence-corrected chi connectivity index (χ4v) is 3.66. The van der Waals surface area contributed by atoms with Gasteiger partial charge in [-0.2, -0.15) is 0 Å². The molecule has 2 heterocycles. The molecule has 3 rings (SSSR count). The van der Waals surface area contributed by atoms with Gasteiger partial charge in [0.05, 0.1) is 8.66 Å². The highest BCUT2D eigenvalue weighted by atomic mass is 79.9. The lowest BCUT2D eigenvalue weighted by Gasteiger charge is -2.09. The van der Waals surface area contributed by atoms with E-state index in [2.05, 4.69) is 20.9 Å². The molecule has 3 nitrogen and oxygen atoms in total. The van der Waals surface area contributed by atoms with E-state index in [1.54, 1.807) is 11.3 Å². The summed E-state index contributed by atoms with van der Waals surface area (Å²) in [6.45, 7) is 0. The Kier molecular flexibility index (Phi) is 3.35. The van der Waals surface area contributed by atoms with Crippen LogP contribution >= 0.6 is 27.3 Å². The molecule has 0 atom stereocenters. The Morgan fingerprint density at radius 3 is 2.72 bits per heavy atom. The molecular weight excluding hydrogens is 310 g/mol. The number of anilines is 1. The maximum atomic E-state index is 6.10. The molecule has 1 aliphatic carbocycles. The number of nitrogens with zero attached hydrogens (tertiary/aromatic N) is 2. The van der Waals surface area contributed by atoms with Crippen LogP contribution in [0.5, 0.6) is 0 Å². The molecule has 0 saturated carbocycles. The molecule has 2 N–H and O–H groups in total. The topological polar surface area (TPSA) is 51.8 Å². The van der Waals surface area contributed by atoms with Crippen molar-refractivity contribution in [3.05, 3.63) is 27.2 Å². The van der Waals surface area contributed by atoms with Crippen molar-refractivity contribution in [2.24, 2.45) is 0 Å². The van der Waals surface area contributed by atoms with Crippen LogP contribution in [-0.2, 0) is 12.8 Å². The maximum Gasteiger partial charge on any atom is 0.171 e. The zero-order valence-electron chi connectivity index (χ0n) is 9.95. The number of nitrogen functional groups attached to an aromatic ring is 1. The van der Waals surface area contributed by atoms with Crippen LogP contribution in [0, 0.1) is 0 Å². The minimum atomic E-state index is 0.668. The monoisotopic (exact) mass is 323 g/mol. The van der Waals surface area contributed by atoms with Gasteiger partial charge in [-0.15, -0.1) is 11.3 Å². The van der Waals surface area contributed by atoms with Gasteiger partial charge >= 0.3 is 0 Å². The zero-order chi connectivity index (χ0) is 12.5. The number of hydrogen-bond acceptors (Lipinski definition) is 4. The van der Waals surface area contributed by atoms with E-state index < -0.39 is 0 Å². The number of hydrogen-bond donors (Lipinski definition) is 1. The van der Waals surface area contributed by atoms with Gasteiger partial charge in [-0.05, 0) is 53.7 Å². The molecule has 94 valence electrons. The summed E-state index contributed by atoms with van der Waals surface area (Å²) in [6, 6.07) is 4.05. The molecule has 0 spiro atoms. The van der Waals surface area contributed by atoms with Gasteiger partial charge in [-0.25, -0.2) is 9.97 Å². The average molecular weight is 324 g/mol. The van der Waals surface area contributed by atoms with Crippen LogP contribution in [0.3, 0.4) is 0 Å². The SMILES string of the molecule is Nc1nc(-c2ccc(Br)s2)nc2c1CCCCC2. The van der Waals surface area contributed by atoms with Crippen molar-refractivity contribution >= 4 is 33.1 Å². The second-order valence-corrected chi connectivity index (χ2v) is 6.99. The molecule has 0 bridgehead atoms. The molecule has 0 fully saturated rings. The second-order valence-electron chi connectivity index (χ2n) is 4.52. The van der Waals surface area contributed by atoms with E-state index in [1.807, 2.05) is 12.1 Å². The smallest absolute Gasteiger partial charge is 0.171 e. The highest BCUT2D eigenvalue weighted by Gasteiger charge is 2.16. The Bertz CT molecular complexity index is 580. The minimum Gasteiger partial charge on any atom is -0.383 e. The molecule has 0 amide bonds. The Labute approximate surface area is 119 Å². The fourth-order valence-electron chi connectivity index (χ4n) is 2.34. The van der Waals surface area contributed by atoms with Crippen LogP contribution in [0.25, 0.3) is 10.7 Å². The first-order valence-electron chi connectivity index (χ1n) is 6.15. The summed E-state index contributed by atoms with van der Waals surface area (Å²) in [5.74, 6) is 1.44. The van der Waals surface area contributed by atoms with Crippen molar-refractivity contribution in [1.82, 2.24) is 9.97 Å². The van der Waals surface area contributed by atoms with Crippen molar-refractivity contribution in [2.75, 3.05) is 5.73 Å². The molecule has 5 heteroatoms. The summed E-state index contributed by atoms with van der Waals surface area (Å²) in [7, 11) is 0. The van der Waals surface area contributed by atoms with E-state index in [-0.39, 0.29) is 0 Å². The van der Waals surface area contributed by atoms with Gasteiger partial charge in [0.25, 0.3) is 0 Å². The van der Waals surface area contributed by atoms with Crippen LogP contribution in [0.2, 0.25) is 0 Å². The number of halogens is 1. The van der Waals surface area contributed by atoms with Gasteiger partial charge in [-0.1, -0.05) is 6.42 Å². The van der Waals surface area contributed by atoms with E-state index in [1.165, 1.54) is 24.8 Å². The molecule has 2 aromatic rings. The van der Waals surface area contributed by atoms with Crippen LogP contribution in [0.1, 0.15) is 30.5 Å². The quantitative estimate of drug-likeness (QED) is 0.811. The van der Waals surface area contributed by atoms with Gasteiger partial charge in [0, 0.05) is 11.3 Å². The van der Waals surface area contributed by atoms with Crippen LogP contribution in [0.4, 0.5) is 5.82 Å². The van der Waals surface area contributed by atoms with Crippen molar-refractivity contribution in [3.8, 4) is 10.7 Å². The summed E-state index contributed by atoms with van der Waals surface area (Å²) >= 11 is 5.11. The third kappa shape index (κ3) is 2.29. The molecule has 0 aliphatic heterocycles. The lowest BCUT2D eigenvalue weighted by atomic mass is 10.1. The van der Waals surface area contributed by atoms with Gasteiger partial charge in [-0.3, -0.25) is 0 Å². The van der Waals surface area contributed by atoms with Crippen LogP contribution in [0.15, 0.2) is 15.9 Å². The summed E-state index contributed by atoms with van der Waals surface area (Å²) in [6.07, 6.45) is 5.72. The third-order valence-electron chi connectivity index (χ3n) is 3.26. The Morgan fingerprint density at radius 1 is 1.11 bits per heavy atom. The molecular formula is C13H14BrN3S. The first-order valence-corrected chi connectivity index (χ1v) is 7.76. The van der Waals surface area contributed by atoms with Gasteiger partial charge in [0.1, 0.15) is 5.82 Å². The molecule has 0 aromatic carbocycles. The number of rotatable bonds is 1. The van der Waals surface area contributed by atoms with Crippen LogP contribution < -0.4 is 5.73 Å². The number of aryl methyl sites for hydroxylation is 1. The number of fused-ring (bicyclic) bond motifs is 1. The van der Waals surface area contributed by atoms with E-state index in [0.29, 0.717) is 5.82 Å². The largest absolute Gasteiger partial charge is 0.383 e. The van der Waals surface area contributed by atoms with Gasteiger partial charge < -0.3 is 5.73 Å². The summed E-state index contributed by atoms with van der Waals surface area (Å²) < 4.78 is 1.09. The minimum absolute atomic E-state index is 0.668. The molecule has 18 heavy (non-hydrogen) atoms. The zero-order valence-corrected chi connectivity index (χ0v) is 12.4. The number of aromatic nitrogens is 2. The maximum absolute atomic E-state index is 6.10. The van der Waals surface area contributed by atoms with Gasteiger partial charge in [0.15, 0.2) is 5.82 Å². The molecule has 1 aliphatic rings. The predicted octanol–water partition coefficient (Wildman–Crippen LogP) is 3.82. The Balaban J connectivity index is 2.07. The highest BCUT2D eigenvalue weighted by Crippen LogP contribution is 2.31. The molecule has 0 unspecified atom stereocenters. The van der Waals surface area contributed by atoms with Crippen molar-refractivity contribution in [1.29, 1.82) is 0 Å². The summed E-state index contributed by atoms with van der Waals surface area (Å²) in [5.41, 5.74) is 8.42. The third-order valence-corrected chi connectivity index (χ3v) is 4.88. The van der Waals surface area contributed by atoms with E-state index in [9.17, 15) is 0 Å². The molecule has 2 aromatic heterocycles. The first-order chi connectivity index (χ1) is 8.74. The molecule has 0 radical (unpaired) electrons. The summed E-state index contributed by atoms with van der Waals surface area (Å²) in [4.78, 5) is 10.3. The average Bonchev–Trinajstić information content (AvgIpc) is 2.63. The van der Waals surface area contributed by atoms with Gasteiger partial charge in [0.2, 0.25) is 0 Å². The first kappa shape index (κ1) is 12.1. The Morgan fingerprint density at radius 2 is 1.94 bits per heavy atom. The van der Waals surface area contributed by atoms with E-state index in [0.717, 1.165) is 33.0 Å².